The van der Waals surface area contributed by atoms with Crippen LogP contribution in [0.5, 0.6) is 0 Å². The molecule has 4 heterocycles. The van der Waals surface area contributed by atoms with E-state index in [1.54, 1.807) is 18.6 Å². The Morgan fingerprint density at radius 2 is 1.96 bits per heavy atom. The number of pyridine rings is 1. The van der Waals surface area contributed by atoms with Crippen LogP contribution in [0.2, 0.25) is 0 Å². The third-order valence-corrected chi connectivity index (χ3v) is 5.03. The molecule has 0 N–H and O–H groups in total. The van der Waals surface area contributed by atoms with Crippen molar-refractivity contribution in [3.8, 4) is 0 Å². The largest absolute Gasteiger partial charge is 0.375 e. The molecule has 0 unspecified atom stereocenters. The second-order valence-electron chi connectivity index (χ2n) is 6.96. The van der Waals surface area contributed by atoms with Crippen LogP contribution >= 0.6 is 0 Å². The number of hydrogen-bond acceptors (Lipinski definition) is 6. The first-order valence-corrected chi connectivity index (χ1v) is 8.97. The van der Waals surface area contributed by atoms with Gasteiger partial charge in [-0.1, -0.05) is 6.07 Å². The van der Waals surface area contributed by atoms with Crippen molar-refractivity contribution in [1.29, 1.82) is 0 Å². The first-order valence-electron chi connectivity index (χ1n) is 8.97. The molecule has 2 aromatic heterocycles. The Kier molecular flexibility index (Phi) is 4.90. The molecular weight excluding hydrogens is 316 g/mol. The van der Waals surface area contributed by atoms with Crippen LogP contribution in [0, 0.1) is 5.92 Å². The molecule has 2 aliphatic heterocycles. The molecule has 4 rings (SSSR count). The van der Waals surface area contributed by atoms with Gasteiger partial charge in [0, 0.05) is 31.8 Å². The molecule has 1 atom stereocenters. The molecule has 2 aromatic rings. The Hall–Kier alpha value is -2.05. The van der Waals surface area contributed by atoms with Gasteiger partial charge in [0.2, 0.25) is 5.95 Å². The van der Waals surface area contributed by atoms with Crippen LogP contribution in [0.15, 0.2) is 42.9 Å². The van der Waals surface area contributed by atoms with E-state index in [4.69, 9.17) is 9.47 Å². The van der Waals surface area contributed by atoms with Gasteiger partial charge in [-0.3, -0.25) is 4.98 Å². The lowest BCUT2D eigenvalue weighted by Gasteiger charge is -2.53. The van der Waals surface area contributed by atoms with Crippen molar-refractivity contribution in [3.05, 3.63) is 48.5 Å². The first-order chi connectivity index (χ1) is 12.3. The lowest BCUT2D eigenvalue weighted by molar-refractivity contribution is -0.116. The summed E-state index contributed by atoms with van der Waals surface area (Å²) < 4.78 is 11.9. The maximum absolute atomic E-state index is 6.11. The van der Waals surface area contributed by atoms with Crippen molar-refractivity contribution < 1.29 is 9.47 Å². The maximum Gasteiger partial charge on any atom is 0.225 e. The quantitative estimate of drug-likeness (QED) is 0.753. The molecule has 2 aliphatic rings. The summed E-state index contributed by atoms with van der Waals surface area (Å²) in [5, 5.41) is 0. The minimum absolute atomic E-state index is 0.0108. The average molecular weight is 340 g/mol. The van der Waals surface area contributed by atoms with E-state index in [1.165, 1.54) is 0 Å². The molecule has 6 nitrogen and oxygen atoms in total. The number of ether oxygens (including phenoxy) is 2. The molecule has 0 radical (unpaired) electrons. The molecule has 1 spiro atoms. The fourth-order valence-electron chi connectivity index (χ4n) is 3.75. The summed E-state index contributed by atoms with van der Waals surface area (Å²) in [6.07, 6.45) is 8.69. The lowest BCUT2D eigenvalue weighted by Crippen LogP contribution is -2.65. The third kappa shape index (κ3) is 3.96. The summed E-state index contributed by atoms with van der Waals surface area (Å²) in [7, 11) is 0. The van der Waals surface area contributed by atoms with E-state index < -0.39 is 0 Å². The van der Waals surface area contributed by atoms with Gasteiger partial charge >= 0.3 is 0 Å². The van der Waals surface area contributed by atoms with E-state index in [9.17, 15) is 0 Å². The second-order valence-corrected chi connectivity index (χ2v) is 6.96. The van der Waals surface area contributed by atoms with Crippen LogP contribution in [-0.2, 0) is 16.1 Å². The summed E-state index contributed by atoms with van der Waals surface area (Å²) in [6.45, 7) is 4.00. The zero-order valence-electron chi connectivity index (χ0n) is 14.4. The molecule has 2 saturated heterocycles. The minimum Gasteiger partial charge on any atom is -0.375 e. The van der Waals surface area contributed by atoms with Crippen LogP contribution in [-0.4, -0.2) is 46.9 Å². The maximum atomic E-state index is 6.11. The zero-order valence-corrected chi connectivity index (χ0v) is 14.4. The highest BCUT2D eigenvalue weighted by Crippen LogP contribution is 2.39. The van der Waals surface area contributed by atoms with Crippen LogP contribution in [0.4, 0.5) is 5.95 Å². The summed E-state index contributed by atoms with van der Waals surface area (Å²) in [4.78, 5) is 15.1. The molecule has 25 heavy (non-hydrogen) atoms. The Morgan fingerprint density at radius 1 is 1.12 bits per heavy atom. The number of rotatable bonds is 6. The Bertz CT molecular complexity index is 662. The summed E-state index contributed by atoms with van der Waals surface area (Å²) in [6, 6.07) is 7.76. The summed E-state index contributed by atoms with van der Waals surface area (Å²) in [5.41, 5.74) is 0.978. The fourth-order valence-corrected chi connectivity index (χ4v) is 3.75. The van der Waals surface area contributed by atoms with Gasteiger partial charge in [0.25, 0.3) is 0 Å². The van der Waals surface area contributed by atoms with Crippen molar-refractivity contribution >= 4 is 5.95 Å². The predicted molar refractivity (Wildman–Crippen MR) is 94.2 cm³/mol. The normalized spacial score (nSPS) is 21.9. The highest BCUT2D eigenvalue weighted by atomic mass is 16.5. The predicted octanol–water partition coefficient (Wildman–Crippen LogP) is 2.46. The van der Waals surface area contributed by atoms with Gasteiger partial charge in [-0.25, -0.2) is 9.97 Å². The van der Waals surface area contributed by atoms with E-state index in [0.717, 1.165) is 57.2 Å². The topological polar surface area (TPSA) is 60.4 Å². The molecule has 0 aromatic carbocycles. The number of anilines is 1. The third-order valence-electron chi connectivity index (χ3n) is 5.03. The van der Waals surface area contributed by atoms with Gasteiger partial charge in [0.1, 0.15) is 5.60 Å². The SMILES string of the molecule is c1ccc(COCC[C@@H]2CCOC3(C2)CN(c2ncccn2)C3)nc1. The zero-order chi connectivity index (χ0) is 17.0. The van der Waals surface area contributed by atoms with Crippen LogP contribution < -0.4 is 4.90 Å². The standard InChI is InChI=1S/C19H24N4O2/c1-2-7-20-17(4-1)13-24-10-5-16-6-11-25-19(12-16)14-23(15-19)18-21-8-3-9-22-18/h1-4,7-9,16H,5-6,10-15H2/t16-/m1/s1. The molecule has 2 fully saturated rings. The van der Waals surface area contributed by atoms with Crippen molar-refractivity contribution in [2.24, 2.45) is 5.92 Å². The van der Waals surface area contributed by atoms with Crippen LogP contribution in [0.25, 0.3) is 0 Å². The van der Waals surface area contributed by atoms with Crippen molar-refractivity contribution in [3.63, 3.8) is 0 Å². The Labute approximate surface area is 148 Å². The number of aromatic nitrogens is 3. The highest BCUT2D eigenvalue weighted by molar-refractivity contribution is 5.37. The van der Waals surface area contributed by atoms with Gasteiger partial charge in [-0.15, -0.1) is 0 Å². The Morgan fingerprint density at radius 3 is 2.76 bits per heavy atom. The van der Waals surface area contributed by atoms with Gasteiger partial charge in [-0.05, 0) is 43.4 Å². The van der Waals surface area contributed by atoms with Gasteiger partial charge in [0.15, 0.2) is 0 Å². The van der Waals surface area contributed by atoms with E-state index in [-0.39, 0.29) is 5.60 Å². The fraction of sp³-hybridized carbons (Fsp3) is 0.526. The highest BCUT2D eigenvalue weighted by Gasteiger charge is 2.48. The van der Waals surface area contributed by atoms with Gasteiger partial charge < -0.3 is 14.4 Å². The van der Waals surface area contributed by atoms with Crippen LogP contribution in [0.1, 0.15) is 25.0 Å². The molecule has 0 bridgehead atoms. The molecule has 0 amide bonds. The average Bonchev–Trinajstić information content (AvgIpc) is 2.65. The Balaban J connectivity index is 1.21. The van der Waals surface area contributed by atoms with Crippen LogP contribution in [0.3, 0.4) is 0 Å². The number of nitrogens with zero attached hydrogens (tertiary/aromatic N) is 4. The summed E-state index contributed by atoms with van der Waals surface area (Å²) >= 11 is 0. The smallest absolute Gasteiger partial charge is 0.225 e. The number of hydrogen-bond donors (Lipinski definition) is 0. The molecule has 132 valence electrons. The monoisotopic (exact) mass is 340 g/mol. The van der Waals surface area contributed by atoms with Gasteiger partial charge in [0.05, 0.1) is 25.4 Å². The van der Waals surface area contributed by atoms with E-state index in [0.29, 0.717) is 12.5 Å². The second kappa shape index (κ2) is 7.45. The van der Waals surface area contributed by atoms with E-state index in [2.05, 4.69) is 19.9 Å². The van der Waals surface area contributed by atoms with E-state index in [1.807, 2.05) is 24.3 Å². The molecule has 0 saturated carbocycles. The molecular formula is C19H24N4O2. The minimum atomic E-state index is -0.0108. The first kappa shape index (κ1) is 16.4. The van der Waals surface area contributed by atoms with E-state index >= 15 is 0 Å². The lowest BCUT2D eigenvalue weighted by atomic mass is 9.79. The molecule has 0 aliphatic carbocycles. The molecule has 6 heteroatoms. The van der Waals surface area contributed by atoms with Crippen molar-refractivity contribution in [2.75, 3.05) is 31.2 Å². The van der Waals surface area contributed by atoms with Crippen molar-refractivity contribution in [2.45, 2.75) is 31.5 Å². The van der Waals surface area contributed by atoms with Crippen molar-refractivity contribution in [1.82, 2.24) is 15.0 Å². The van der Waals surface area contributed by atoms with Gasteiger partial charge in [-0.2, -0.15) is 0 Å². The summed E-state index contributed by atoms with van der Waals surface area (Å²) in [5.74, 6) is 1.47.